The molecule has 18 heavy (non-hydrogen) atoms. The number of rotatable bonds is 6. The van der Waals surface area contributed by atoms with Crippen LogP contribution < -0.4 is 10.6 Å². The second-order valence-corrected chi connectivity index (χ2v) is 5.56. The zero-order valence-corrected chi connectivity index (χ0v) is 12.4. The molecule has 4 heteroatoms. The smallest absolute Gasteiger partial charge is 0.0484 e. The van der Waals surface area contributed by atoms with Crippen LogP contribution in [0.2, 0.25) is 0 Å². The summed E-state index contributed by atoms with van der Waals surface area (Å²) in [6.07, 6.45) is 2.50. The van der Waals surface area contributed by atoms with Gasteiger partial charge in [0.1, 0.15) is 0 Å². The van der Waals surface area contributed by atoms with E-state index in [4.69, 9.17) is 0 Å². The Morgan fingerprint density at radius 2 is 1.94 bits per heavy atom. The first kappa shape index (κ1) is 13.8. The van der Waals surface area contributed by atoms with Gasteiger partial charge in [0.2, 0.25) is 0 Å². The molecule has 1 aromatic rings. The highest BCUT2D eigenvalue weighted by atomic mass is 79.9. The molecule has 0 bridgehead atoms. The average molecular weight is 312 g/mol. The SMILES string of the molecule is Brc1ccccc1NCCCCN1CCNCC1. The quantitative estimate of drug-likeness (QED) is 0.791. The molecule has 100 valence electrons. The molecule has 3 nitrogen and oxygen atoms in total. The summed E-state index contributed by atoms with van der Waals surface area (Å²) in [6.45, 7) is 6.99. The maximum atomic E-state index is 3.55. The predicted molar refractivity (Wildman–Crippen MR) is 81.2 cm³/mol. The minimum atomic E-state index is 1.05. The van der Waals surface area contributed by atoms with Gasteiger partial charge < -0.3 is 15.5 Å². The van der Waals surface area contributed by atoms with Gasteiger partial charge in [-0.05, 0) is 47.4 Å². The molecule has 1 aliphatic heterocycles. The van der Waals surface area contributed by atoms with Crippen molar-refractivity contribution in [3.05, 3.63) is 28.7 Å². The molecule has 1 aromatic carbocycles. The molecule has 0 radical (unpaired) electrons. The fourth-order valence-electron chi connectivity index (χ4n) is 2.22. The molecule has 0 atom stereocenters. The van der Waals surface area contributed by atoms with Crippen molar-refractivity contribution >= 4 is 21.6 Å². The summed E-state index contributed by atoms with van der Waals surface area (Å²) in [5.74, 6) is 0. The summed E-state index contributed by atoms with van der Waals surface area (Å²) in [7, 11) is 0. The van der Waals surface area contributed by atoms with Gasteiger partial charge in [0.05, 0.1) is 0 Å². The number of nitrogens with one attached hydrogen (secondary N) is 2. The Morgan fingerprint density at radius 3 is 2.72 bits per heavy atom. The van der Waals surface area contributed by atoms with E-state index in [-0.39, 0.29) is 0 Å². The lowest BCUT2D eigenvalue weighted by Crippen LogP contribution is -2.43. The van der Waals surface area contributed by atoms with E-state index in [0.29, 0.717) is 0 Å². The number of hydrogen-bond acceptors (Lipinski definition) is 3. The van der Waals surface area contributed by atoms with Crippen LogP contribution in [-0.4, -0.2) is 44.2 Å². The average Bonchev–Trinajstić information content (AvgIpc) is 2.42. The number of hydrogen-bond donors (Lipinski definition) is 2. The van der Waals surface area contributed by atoms with E-state index in [0.717, 1.165) is 24.1 Å². The maximum Gasteiger partial charge on any atom is 0.0484 e. The van der Waals surface area contributed by atoms with Crippen LogP contribution in [0, 0.1) is 0 Å². The van der Waals surface area contributed by atoms with E-state index < -0.39 is 0 Å². The fraction of sp³-hybridized carbons (Fsp3) is 0.571. The van der Waals surface area contributed by atoms with Crippen molar-refractivity contribution in [1.82, 2.24) is 10.2 Å². The van der Waals surface area contributed by atoms with E-state index in [1.807, 2.05) is 6.07 Å². The first-order chi connectivity index (χ1) is 8.86. The van der Waals surface area contributed by atoms with Crippen LogP contribution in [0.3, 0.4) is 0 Å². The van der Waals surface area contributed by atoms with Crippen molar-refractivity contribution in [2.24, 2.45) is 0 Å². The van der Waals surface area contributed by atoms with Gasteiger partial charge in [-0.15, -0.1) is 0 Å². The molecule has 0 aromatic heterocycles. The monoisotopic (exact) mass is 311 g/mol. The second kappa shape index (κ2) is 7.77. The van der Waals surface area contributed by atoms with E-state index in [9.17, 15) is 0 Å². The third-order valence-electron chi connectivity index (χ3n) is 3.30. The lowest BCUT2D eigenvalue weighted by molar-refractivity contribution is 0.237. The van der Waals surface area contributed by atoms with Crippen molar-refractivity contribution in [3.8, 4) is 0 Å². The normalized spacial score (nSPS) is 16.7. The topological polar surface area (TPSA) is 27.3 Å². The van der Waals surface area contributed by atoms with E-state index in [1.54, 1.807) is 0 Å². The largest absolute Gasteiger partial charge is 0.384 e. The van der Waals surface area contributed by atoms with Crippen molar-refractivity contribution in [2.75, 3.05) is 44.6 Å². The first-order valence-corrected chi connectivity index (χ1v) is 7.57. The minimum absolute atomic E-state index is 1.05. The van der Waals surface area contributed by atoms with Crippen LogP contribution in [0.25, 0.3) is 0 Å². The van der Waals surface area contributed by atoms with Crippen molar-refractivity contribution < 1.29 is 0 Å². The summed E-state index contributed by atoms with van der Waals surface area (Å²) in [6, 6.07) is 8.29. The summed E-state index contributed by atoms with van der Waals surface area (Å²) >= 11 is 3.55. The van der Waals surface area contributed by atoms with Gasteiger partial charge in [-0.2, -0.15) is 0 Å². The number of nitrogens with zero attached hydrogens (tertiary/aromatic N) is 1. The number of benzene rings is 1. The Labute approximate surface area is 118 Å². The van der Waals surface area contributed by atoms with Crippen molar-refractivity contribution in [1.29, 1.82) is 0 Å². The van der Waals surface area contributed by atoms with Crippen molar-refractivity contribution in [2.45, 2.75) is 12.8 Å². The Morgan fingerprint density at radius 1 is 1.17 bits per heavy atom. The van der Waals surface area contributed by atoms with Crippen LogP contribution in [-0.2, 0) is 0 Å². The molecular formula is C14H22BrN3. The Bertz CT molecular complexity index is 351. The van der Waals surface area contributed by atoms with E-state index in [2.05, 4.69) is 49.7 Å². The molecule has 0 amide bonds. The van der Waals surface area contributed by atoms with Crippen LogP contribution in [0.4, 0.5) is 5.69 Å². The molecule has 1 heterocycles. The molecule has 1 saturated heterocycles. The van der Waals surface area contributed by atoms with Gasteiger partial charge >= 0.3 is 0 Å². The number of halogens is 1. The third-order valence-corrected chi connectivity index (χ3v) is 3.99. The van der Waals surface area contributed by atoms with Crippen LogP contribution in [0.15, 0.2) is 28.7 Å². The number of unbranched alkanes of at least 4 members (excludes halogenated alkanes) is 1. The van der Waals surface area contributed by atoms with Gasteiger partial charge in [-0.1, -0.05) is 12.1 Å². The van der Waals surface area contributed by atoms with Gasteiger partial charge in [0.15, 0.2) is 0 Å². The van der Waals surface area contributed by atoms with Gasteiger partial charge in [-0.25, -0.2) is 0 Å². The first-order valence-electron chi connectivity index (χ1n) is 6.78. The zero-order valence-electron chi connectivity index (χ0n) is 10.8. The Kier molecular flexibility index (Phi) is 5.97. The van der Waals surface area contributed by atoms with Gasteiger partial charge in [0, 0.05) is 42.9 Å². The number of para-hydroxylation sites is 1. The molecule has 2 rings (SSSR count). The standard InChI is InChI=1S/C14H22BrN3/c15-13-5-1-2-6-14(13)17-7-3-4-10-18-11-8-16-9-12-18/h1-2,5-6,16-17H,3-4,7-12H2. The number of anilines is 1. The van der Waals surface area contributed by atoms with E-state index >= 15 is 0 Å². The van der Waals surface area contributed by atoms with Crippen LogP contribution in [0.1, 0.15) is 12.8 Å². The molecule has 1 aliphatic rings. The third kappa shape index (κ3) is 4.59. The Balaban J connectivity index is 1.57. The molecule has 2 N–H and O–H groups in total. The van der Waals surface area contributed by atoms with Crippen LogP contribution in [0.5, 0.6) is 0 Å². The van der Waals surface area contributed by atoms with E-state index in [1.165, 1.54) is 38.2 Å². The lowest BCUT2D eigenvalue weighted by Gasteiger charge is -2.27. The minimum Gasteiger partial charge on any atom is -0.384 e. The maximum absolute atomic E-state index is 3.55. The molecule has 0 unspecified atom stereocenters. The molecule has 0 aliphatic carbocycles. The summed E-state index contributed by atoms with van der Waals surface area (Å²) < 4.78 is 1.15. The second-order valence-electron chi connectivity index (χ2n) is 4.71. The zero-order chi connectivity index (χ0) is 12.6. The molecule has 1 fully saturated rings. The summed E-state index contributed by atoms with van der Waals surface area (Å²) in [5, 5.41) is 6.86. The summed E-state index contributed by atoms with van der Waals surface area (Å²) in [4.78, 5) is 2.55. The summed E-state index contributed by atoms with van der Waals surface area (Å²) in [5.41, 5.74) is 1.19. The highest BCUT2D eigenvalue weighted by molar-refractivity contribution is 9.10. The predicted octanol–water partition coefficient (Wildman–Crippen LogP) is 2.55. The fourth-order valence-corrected chi connectivity index (χ4v) is 2.65. The van der Waals surface area contributed by atoms with Gasteiger partial charge in [-0.3, -0.25) is 0 Å². The van der Waals surface area contributed by atoms with Crippen LogP contribution >= 0.6 is 15.9 Å². The molecule has 0 saturated carbocycles. The number of piperazine rings is 1. The molecular weight excluding hydrogens is 290 g/mol. The molecule has 0 spiro atoms. The Hall–Kier alpha value is -0.580. The lowest BCUT2D eigenvalue weighted by atomic mass is 10.2. The highest BCUT2D eigenvalue weighted by Gasteiger charge is 2.07. The highest BCUT2D eigenvalue weighted by Crippen LogP contribution is 2.20. The van der Waals surface area contributed by atoms with Gasteiger partial charge in [0.25, 0.3) is 0 Å². The van der Waals surface area contributed by atoms with Crippen molar-refractivity contribution in [3.63, 3.8) is 0 Å².